The smallest absolute Gasteiger partial charge is 0.191 e. The lowest BCUT2D eigenvalue weighted by Gasteiger charge is -2.12. The van der Waals surface area contributed by atoms with Gasteiger partial charge in [-0.25, -0.2) is 0 Å². The zero-order valence-electron chi connectivity index (χ0n) is 16.8. The van der Waals surface area contributed by atoms with Crippen molar-refractivity contribution in [2.24, 2.45) is 5.10 Å². The van der Waals surface area contributed by atoms with E-state index in [0.29, 0.717) is 5.11 Å². The monoisotopic (exact) mass is 390 g/mol. The first-order valence-corrected chi connectivity index (χ1v) is 9.72. The lowest BCUT2D eigenvalue weighted by molar-refractivity contribution is 0.793. The van der Waals surface area contributed by atoms with Crippen LogP contribution in [0.4, 0.5) is 5.69 Å². The molecular weight excluding hydrogens is 364 g/mol. The quantitative estimate of drug-likeness (QED) is 0.362. The molecule has 0 fully saturated rings. The fraction of sp³-hybridized carbons (Fsp3) is 0.217. The van der Waals surface area contributed by atoms with Crippen molar-refractivity contribution in [2.45, 2.75) is 34.2 Å². The molecular formula is C23H26N4S. The average molecular weight is 391 g/mol. The van der Waals surface area contributed by atoms with E-state index < -0.39 is 0 Å². The van der Waals surface area contributed by atoms with Gasteiger partial charge in [0.25, 0.3) is 0 Å². The normalized spacial score (nSPS) is 11.0. The number of hydrogen-bond acceptors (Lipinski definition) is 2. The number of hydrogen-bond donors (Lipinski definition) is 2. The third kappa shape index (κ3) is 4.87. The van der Waals surface area contributed by atoms with Crippen molar-refractivity contribution in [1.82, 2.24) is 9.99 Å². The summed E-state index contributed by atoms with van der Waals surface area (Å²) in [4.78, 5) is 0. The van der Waals surface area contributed by atoms with Crippen molar-refractivity contribution in [3.05, 3.63) is 88.2 Å². The maximum Gasteiger partial charge on any atom is 0.191 e. The Kier molecular flexibility index (Phi) is 6.26. The summed E-state index contributed by atoms with van der Waals surface area (Å²) in [5, 5.41) is 7.97. The van der Waals surface area contributed by atoms with Crippen LogP contribution in [0.1, 0.15) is 33.5 Å². The first-order chi connectivity index (χ1) is 13.4. The predicted octanol–water partition coefficient (Wildman–Crippen LogP) is 5.09. The van der Waals surface area contributed by atoms with E-state index in [1.165, 1.54) is 27.8 Å². The molecule has 0 aliphatic heterocycles. The second kappa shape index (κ2) is 8.85. The molecule has 1 aromatic heterocycles. The molecule has 0 unspecified atom stereocenters. The minimum Gasteiger partial charge on any atom is -0.342 e. The third-order valence-electron chi connectivity index (χ3n) is 4.93. The van der Waals surface area contributed by atoms with Gasteiger partial charge in [-0.2, -0.15) is 5.10 Å². The van der Waals surface area contributed by atoms with Crippen LogP contribution in [0.3, 0.4) is 0 Å². The maximum atomic E-state index is 5.36. The summed E-state index contributed by atoms with van der Waals surface area (Å²) in [6.45, 7) is 9.23. The Morgan fingerprint density at radius 3 is 2.68 bits per heavy atom. The van der Waals surface area contributed by atoms with E-state index in [1.54, 1.807) is 6.21 Å². The second-order valence-corrected chi connectivity index (χ2v) is 7.47. The lowest BCUT2D eigenvalue weighted by Crippen LogP contribution is -2.24. The van der Waals surface area contributed by atoms with Crippen LogP contribution in [0.25, 0.3) is 0 Å². The number of aromatic nitrogens is 1. The van der Waals surface area contributed by atoms with Gasteiger partial charge in [-0.15, -0.1) is 0 Å². The highest BCUT2D eigenvalue weighted by molar-refractivity contribution is 7.80. The number of benzene rings is 2. The molecule has 3 rings (SSSR count). The standard InChI is InChI=1S/C23H26N4S/c1-16-10-11-18(3)20(13-16)15-27-12-6-8-21(27)14-24-26-23(28)25-22-9-5-7-17(2)19(22)4/h5-14H,15H2,1-4H3,(H2,25,26,28)/b24-14-. The van der Waals surface area contributed by atoms with Crippen LogP contribution in [0.15, 0.2) is 59.8 Å². The lowest BCUT2D eigenvalue weighted by atomic mass is 10.1. The number of nitrogens with one attached hydrogen (secondary N) is 2. The zero-order valence-corrected chi connectivity index (χ0v) is 17.6. The van der Waals surface area contributed by atoms with E-state index in [-0.39, 0.29) is 0 Å². The minimum absolute atomic E-state index is 0.470. The van der Waals surface area contributed by atoms with E-state index in [1.807, 2.05) is 24.3 Å². The van der Waals surface area contributed by atoms with Gasteiger partial charge in [-0.1, -0.05) is 35.9 Å². The van der Waals surface area contributed by atoms with Crippen LogP contribution in [0, 0.1) is 27.7 Å². The van der Waals surface area contributed by atoms with Crippen molar-refractivity contribution in [2.75, 3.05) is 5.32 Å². The van der Waals surface area contributed by atoms with Gasteiger partial charge in [0.2, 0.25) is 0 Å². The summed E-state index contributed by atoms with van der Waals surface area (Å²) in [5.74, 6) is 0. The van der Waals surface area contributed by atoms with E-state index in [4.69, 9.17) is 12.2 Å². The van der Waals surface area contributed by atoms with Crippen LogP contribution in [0.2, 0.25) is 0 Å². The van der Waals surface area contributed by atoms with E-state index in [0.717, 1.165) is 17.9 Å². The maximum absolute atomic E-state index is 5.36. The highest BCUT2D eigenvalue weighted by Crippen LogP contribution is 2.17. The van der Waals surface area contributed by atoms with Gasteiger partial charge in [-0.3, -0.25) is 5.43 Å². The average Bonchev–Trinajstić information content (AvgIpc) is 3.09. The highest BCUT2D eigenvalue weighted by atomic mass is 32.1. The SMILES string of the molecule is Cc1ccc(C)c(Cn2cccc2/C=N\NC(=S)Nc2cccc(C)c2C)c1. The van der Waals surface area contributed by atoms with Crippen molar-refractivity contribution in [1.29, 1.82) is 0 Å². The molecule has 2 N–H and O–H groups in total. The molecule has 4 nitrogen and oxygen atoms in total. The number of rotatable bonds is 5. The highest BCUT2D eigenvalue weighted by Gasteiger charge is 2.04. The first kappa shape index (κ1) is 19.8. The van der Waals surface area contributed by atoms with Crippen LogP contribution >= 0.6 is 12.2 Å². The first-order valence-electron chi connectivity index (χ1n) is 9.31. The summed E-state index contributed by atoms with van der Waals surface area (Å²) >= 11 is 5.36. The molecule has 144 valence electrons. The van der Waals surface area contributed by atoms with E-state index in [2.05, 4.69) is 78.6 Å². The largest absolute Gasteiger partial charge is 0.342 e. The van der Waals surface area contributed by atoms with Crippen molar-refractivity contribution < 1.29 is 0 Å². The Labute approximate surface area is 172 Å². The molecule has 0 atom stereocenters. The third-order valence-corrected chi connectivity index (χ3v) is 5.12. The molecule has 28 heavy (non-hydrogen) atoms. The summed E-state index contributed by atoms with van der Waals surface area (Å²) in [6, 6.07) is 16.7. The minimum atomic E-state index is 0.470. The van der Waals surface area contributed by atoms with Gasteiger partial charge >= 0.3 is 0 Å². The van der Waals surface area contributed by atoms with Crippen LogP contribution in [-0.4, -0.2) is 15.9 Å². The molecule has 0 radical (unpaired) electrons. The molecule has 3 aromatic rings. The van der Waals surface area contributed by atoms with Gasteiger partial charge in [0.15, 0.2) is 5.11 Å². The molecule has 0 bridgehead atoms. The van der Waals surface area contributed by atoms with Gasteiger partial charge in [0.1, 0.15) is 0 Å². The van der Waals surface area contributed by atoms with E-state index in [9.17, 15) is 0 Å². The zero-order chi connectivity index (χ0) is 20.1. The number of aryl methyl sites for hydroxylation is 3. The summed E-state index contributed by atoms with van der Waals surface area (Å²) < 4.78 is 2.17. The fourth-order valence-corrected chi connectivity index (χ4v) is 3.20. The molecule has 0 spiro atoms. The summed E-state index contributed by atoms with van der Waals surface area (Å²) in [6.07, 6.45) is 3.86. The molecule has 0 aliphatic carbocycles. The van der Waals surface area contributed by atoms with Crippen LogP contribution < -0.4 is 10.7 Å². The van der Waals surface area contributed by atoms with Gasteiger partial charge in [0, 0.05) is 18.4 Å². The Balaban J connectivity index is 1.64. The van der Waals surface area contributed by atoms with Gasteiger partial charge in [-0.05, 0) is 80.4 Å². The molecule has 0 saturated carbocycles. The molecule has 1 heterocycles. The number of thiocarbonyl (C=S) groups is 1. The Morgan fingerprint density at radius 1 is 1.04 bits per heavy atom. The van der Waals surface area contributed by atoms with Crippen molar-refractivity contribution in [3.8, 4) is 0 Å². The number of hydrazone groups is 1. The Bertz CT molecular complexity index is 1020. The van der Waals surface area contributed by atoms with Crippen LogP contribution in [0.5, 0.6) is 0 Å². The summed E-state index contributed by atoms with van der Waals surface area (Å²) in [5.41, 5.74) is 11.2. The van der Waals surface area contributed by atoms with Gasteiger partial charge in [0.05, 0.1) is 11.9 Å². The second-order valence-electron chi connectivity index (χ2n) is 7.06. The Hall–Kier alpha value is -2.92. The molecule has 0 saturated heterocycles. The fourth-order valence-electron chi connectivity index (χ4n) is 3.04. The number of nitrogens with zero attached hydrogens (tertiary/aromatic N) is 2. The van der Waals surface area contributed by atoms with Crippen molar-refractivity contribution >= 4 is 29.2 Å². The van der Waals surface area contributed by atoms with E-state index >= 15 is 0 Å². The summed E-state index contributed by atoms with van der Waals surface area (Å²) in [7, 11) is 0. The molecule has 5 heteroatoms. The molecule has 0 aliphatic rings. The van der Waals surface area contributed by atoms with Gasteiger partial charge < -0.3 is 9.88 Å². The topological polar surface area (TPSA) is 41.4 Å². The Morgan fingerprint density at radius 2 is 1.86 bits per heavy atom. The van der Waals surface area contributed by atoms with Crippen molar-refractivity contribution in [3.63, 3.8) is 0 Å². The predicted molar refractivity (Wildman–Crippen MR) is 122 cm³/mol. The molecule has 2 aromatic carbocycles. The molecule has 0 amide bonds. The number of anilines is 1. The van der Waals surface area contributed by atoms with Crippen LogP contribution in [-0.2, 0) is 6.54 Å².